The zero-order chi connectivity index (χ0) is 23.8. The molecular formula is C27H25N3O3S. The van der Waals surface area contributed by atoms with Gasteiger partial charge in [0.1, 0.15) is 5.00 Å². The molecule has 34 heavy (non-hydrogen) atoms. The second kappa shape index (κ2) is 11.3. The van der Waals surface area contributed by atoms with Crippen LogP contribution in [0.4, 0.5) is 5.00 Å². The van der Waals surface area contributed by atoms with Crippen LogP contribution in [-0.4, -0.2) is 29.7 Å². The van der Waals surface area contributed by atoms with Gasteiger partial charge in [0, 0.05) is 54.0 Å². The summed E-state index contributed by atoms with van der Waals surface area (Å²) in [5.41, 5.74) is 4.78. The monoisotopic (exact) mass is 471 g/mol. The number of ether oxygens (including phenoxy) is 1. The number of hydrogen-bond donors (Lipinski definition) is 2. The van der Waals surface area contributed by atoms with Crippen molar-refractivity contribution in [3.8, 4) is 0 Å². The van der Waals surface area contributed by atoms with Gasteiger partial charge >= 0.3 is 5.97 Å². The van der Waals surface area contributed by atoms with Gasteiger partial charge in [-0.3, -0.25) is 9.78 Å². The minimum absolute atomic E-state index is 0.261. The molecule has 0 fully saturated rings. The Morgan fingerprint density at radius 1 is 1.15 bits per heavy atom. The molecular weight excluding hydrogens is 446 g/mol. The number of aromatic nitrogens is 1. The third kappa shape index (κ3) is 6.14. The molecule has 0 atom stereocenters. The Morgan fingerprint density at radius 3 is 2.76 bits per heavy atom. The second-order valence-electron chi connectivity index (χ2n) is 7.88. The first kappa shape index (κ1) is 23.3. The molecule has 6 nitrogen and oxygen atoms in total. The number of hydrogen-bond acceptors (Lipinski definition) is 6. The van der Waals surface area contributed by atoms with E-state index in [2.05, 4.69) is 10.3 Å². The fourth-order valence-electron chi connectivity index (χ4n) is 3.82. The molecule has 172 valence electrons. The van der Waals surface area contributed by atoms with Crippen molar-refractivity contribution in [3.63, 3.8) is 0 Å². The van der Waals surface area contributed by atoms with E-state index in [1.54, 1.807) is 24.5 Å². The summed E-state index contributed by atoms with van der Waals surface area (Å²) < 4.78 is 5.39. The summed E-state index contributed by atoms with van der Waals surface area (Å²) in [6.07, 6.45) is 12.2. The van der Waals surface area contributed by atoms with Crippen LogP contribution in [0.3, 0.4) is 0 Å². The SMILES string of the molecule is N=Cc1c(NC(=O)/C=C/c2cccnc2)sc2c1CC/C(=C\C(=O)OCCc1ccccc1)C2. The van der Waals surface area contributed by atoms with Crippen LogP contribution in [0.15, 0.2) is 72.6 Å². The van der Waals surface area contributed by atoms with Gasteiger partial charge in [-0.1, -0.05) is 42.0 Å². The fraction of sp³-hybridized carbons (Fsp3) is 0.185. The third-order valence-electron chi connectivity index (χ3n) is 5.51. The van der Waals surface area contributed by atoms with E-state index in [4.69, 9.17) is 10.1 Å². The number of fused-ring (bicyclic) bond motifs is 1. The maximum atomic E-state index is 12.4. The predicted molar refractivity (Wildman–Crippen MR) is 135 cm³/mol. The summed E-state index contributed by atoms with van der Waals surface area (Å²) in [6, 6.07) is 13.6. The first-order valence-corrected chi connectivity index (χ1v) is 11.9. The van der Waals surface area contributed by atoms with Gasteiger partial charge < -0.3 is 15.5 Å². The molecule has 3 aromatic rings. The largest absolute Gasteiger partial charge is 0.462 e. The van der Waals surface area contributed by atoms with Crippen molar-refractivity contribution in [2.75, 3.05) is 11.9 Å². The van der Waals surface area contributed by atoms with Crippen LogP contribution >= 0.6 is 11.3 Å². The quantitative estimate of drug-likeness (QED) is 0.275. The van der Waals surface area contributed by atoms with Crippen molar-refractivity contribution in [3.05, 3.63) is 99.7 Å². The van der Waals surface area contributed by atoms with E-state index in [1.165, 1.54) is 23.6 Å². The minimum Gasteiger partial charge on any atom is -0.462 e. The number of anilines is 1. The molecule has 0 saturated carbocycles. The summed E-state index contributed by atoms with van der Waals surface area (Å²) in [4.78, 5) is 29.8. The van der Waals surface area contributed by atoms with Crippen LogP contribution in [0.1, 0.15) is 33.6 Å². The molecule has 4 rings (SSSR count). The molecule has 1 aliphatic carbocycles. The highest BCUT2D eigenvalue weighted by Gasteiger charge is 2.23. The van der Waals surface area contributed by atoms with Crippen molar-refractivity contribution >= 4 is 40.5 Å². The van der Waals surface area contributed by atoms with Gasteiger partial charge in [-0.25, -0.2) is 4.79 Å². The number of nitrogens with one attached hydrogen (secondary N) is 2. The lowest BCUT2D eigenvalue weighted by Gasteiger charge is -2.15. The molecule has 2 heterocycles. The maximum absolute atomic E-state index is 12.4. The average Bonchev–Trinajstić information content (AvgIpc) is 3.20. The molecule has 1 amide bonds. The van der Waals surface area contributed by atoms with Crippen LogP contribution in [0.25, 0.3) is 6.08 Å². The van der Waals surface area contributed by atoms with Crippen molar-refractivity contribution < 1.29 is 14.3 Å². The number of rotatable bonds is 8. The van der Waals surface area contributed by atoms with Crippen molar-refractivity contribution in [1.29, 1.82) is 5.41 Å². The van der Waals surface area contributed by atoms with Crippen LogP contribution in [0.2, 0.25) is 0 Å². The third-order valence-corrected chi connectivity index (χ3v) is 6.67. The van der Waals surface area contributed by atoms with Crippen LogP contribution in [-0.2, 0) is 33.6 Å². The molecule has 2 N–H and O–H groups in total. The van der Waals surface area contributed by atoms with Gasteiger partial charge in [0.25, 0.3) is 0 Å². The molecule has 7 heteroatoms. The molecule has 0 radical (unpaired) electrons. The normalized spacial score (nSPS) is 14.1. The van der Waals surface area contributed by atoms with E-state index in [0.717, 1.165) is 45.5 Å². The second-order valence-corrected chi connectivity index (χ2v) is 8.99. The number of amides is 1. The zero-order valence-corrected chi connectivity index (χ0v) is 19.4. The Hall–Kier alpha value is -3.84. The fourth-order valence-corrected chi connectivity index (χ4v) is 5.10. The Kier molecular flexibility index (Phi) is 7.78. The van der Waals surface area contributed by atoms with Crippen molar-refractivity contribution in [2.45, 2.75) is 25.7 Å². The highest BCUT2D eigenvalue weighted by atomic mass is 32.1. The first-order valence-electron chi connectivity index (χ1n) is 11.1. The molecule has 0 spiro atoms. The van der Waals surface area contributed by atoms with E-state index in [0.29, 0.717) is 24.4 Å². The summed E-state index contributed by atoms with van der Waals surface area (Å²) in [5, 5.41) is 11.4. The van der Waals surface area contributed by atoms with E-state index in [9.17, 15) is 9.59 Å². The van der Waals surface area contributed by atoms with E-state index < -0.39 is 0 Å². The number of thiophene rings is 1. The lowest BCUT2D eigenvalue weighted by Crippen LogP contribution is -2.10. The van der Waals surface area contributed by atoms with Gasteiger partial charge in [-0.2, -0.15) is 0 Å². The highest BCUT2D eigenvalue weighted by Crippen LogP contribution is 2.38. The lowest BCUT2D eigenvalue weighted by atomic mass is 9.91. The number of carbonyl (C=O) groups is 2. The lowest BCUT2D eigenvalue weighted by molar-refractivity contribution is -0.137. The maximum Gasteiger partial charge on any atom is 0.330 e. The topological polar surface area (TPSA) is 92.1 Å². The average molecular weight is 472 g/mol. The van der Waals surface area contributed by atoms with Gasteiger partial charge in [-0.15, -0.1) is 11.3 Å². The Balaban J connectivity index is 1.37. The van der Waals surface area contributed by atoms with Gasteiger partial charge in [0.05, 0.1) is 6.61 Å². The smallest absolute Gasteiger partial charge is 0.330 e. The minimum atomic E-state index is -0.327. The molecule has 2 aromatic heterocycles. The standard InChI is InChI=1S/C27H25N3O3S/c28-17-23-22-10-8-21(16-26(32)33-14-12-19-5-2-1-3-6-19)15-24(22)34-27(23)30-25(31)11-9-20-7-4-13-29-18-20/h1-7,9,11,13,16-18,28H,8,10,12,14-15H2,(H,30,31)/b11-9+,21-16+,28-17?. The number of benzene rings is 1. The van der Waals surface area contributed by atoms with Gasteiger partial charge in [-0.05, 0) is 41.7 Å². The van der Waals surface area contributed by atoms with E-state index in [-0.39, 0.29) is 11.9 Å². The molecule has 1 aromatic carbocycles. The van der Waals surface area contributed by atoms with Gasteiger partial charge in [0.15, 0.2) is 0 Å². The summed E-state index contributed by atoms with van der Waals surface area (Å²) in [6.45, 7) is 0.345. The van der Waals surface area contributed by atoms with Crippen LogP contribution in [0, 0.1) is 5.41 Å². The van der Waals surface area contributed by atoms with Crippen LogP contribution in [0.5, 0.6) is 0 Å². The van der Waals surface area contributed by atoms with E-state index in [1.807, 2.05) is 42.5 Å². The van der Waals surface area contributed by atoms with E-state index >= 15 is 0 Å². The number of carbonyl (C=O) groups excluding carboxylic acids is 2. The first-order chi connectivity index (χ1) is 16.6. The number of esters is 1. The van der Waals surface area contributed by atoms with Crippen molar-refractivity contribution in [1.82, 2.24) is 4.98 Å². The highest BCUT2D eigenvalue weighted by molar-refractivity contribution is 7.17. The number of allylic oxidation sites excluding steroid dienone is 1. The Morgan fingerprint density at radius 2 is 2.00 bits per heavy atom. The predicted octanol–water partition coefficient (Wildman–Crippen LogP) is 4.99. The van der Waals surface area contributed by atoms with Gasteiger partial charge in [0.2, 0.25) is 5.91 Å². The summed E-state index contributed by atoms with van der Waals surface area (Å²) >= 11 is 1.46. The van der Waals surface area contributed by atoms with Crippen molar-refractivity contribution in [2.24, 2.45) is 0 Å². The molecule has 1 aliphatic rings. The molecule has 0 aliphatic heterocycles. The molecule has 0 bridgehead atoms. The summed E-state index contributed by atoms with van der Waals surface area (Å²) in [5.74, 6) is -0.587. The Labute approximate surface area is 202 Å². The zero-order valence-electron chi connectivity index (χ0n) is 18.6. The number of nitrogens with zero attached hydrogens (tertiary/aromatic N) is 1. The molecule has 0 saturated heterocycles. The van der Waals surface area contributed by atoms with Crippen LogP contribution < -0.4 is 5.32 Å². The number of pyridine rings is 1. The molecule has 0 unspecified atom stereocenters. The Bertz CT molecular complexity index is 1230. The summed E-state index contributed by atoms with van der Waals surface area (Å²) in [7, 11) is 0.